The van der Waals surface area contributed by atoms with E-state index in [0.717, 1.165) is 47.5 Å². The number of aryl methyl sites for hydroxylation is 1. The first kappa shape index (κ1) is 34.8. The Bertz CT molecular complexity index is 1550. The smallest absolute Gasteiger partial charge is 0.264 e. The van der Waals surface area contributed by atoms with Gasteiger partial charge in [-0.3, -0.25) is 13.9 Å². The molecule has 1 saturated carbocycles. The molecule has 1 fully saturated rings. The second kappa shape index (κ2) is 15.5. The lowest BCUT2D eigenvalue weighted by Gasteiger charge is -2.35. The lowest BCUT2D eigenvalue weighted by Crippen LogP contribution is -2.54. The van der Waals surface area contributed by atoms with E-state index in [0.29, 0.717) is 27.7 Å². The number of rotatable bonds is 12. The molecule has 3 aromatic carbocycles. The fraction of sp³-hybridized carbons (Fsp3) is 0.429. The number of nitrogens with zero attached hydrogens (tertiary/aromatic N) is 2. The fourth-order valence-corrected chi connectivity index (χ4v) is 7.64. The van der Waals surface area contributed by atoms with E-state index in [1.165, 1.54) is 4.90 Å². The van der Waals surface area contributed by atoms with Gasteiger partial charge in [-0.1, -0.05) is 99.1 Å². The van der Waals surface area contributed by atoms with Gasteiger partial charge in [-0.25, -0.2) is 8.42 Å². The van der Waals surface area contributed by atoms with E-state index in [-0.39, 0.29) is 29.3 Å². The first-order chi connectivity index (χ1) is 21.4. The van der Waals surface area contributed by atoms with E-state index in [1.807, 2.05) is 26.0 Å². The Hall–Kier alpha value is -3.07. The molecule has 1 N–H and O–H groups in total. The summed E-state index contributed by atoms with van der Waals surface area (Å²) >= 11 is 13.1. The summed E-state index contributed by atoms with van der Waals surface area (Å²) in [6, 6.07) is 18.0. The Kier molecular flexibility index (Phi) is 12.0. The average molecular weight is 673 g/mol. The number of hydrogen-bond acceptors (Lipinski definition) is 4. The molecule has 1 atom stereocenters. The van der Waals surface area contributed by atoms with Crippen LogP contribution >= 0.6 is 23.2 Å². The molecule has 10 heteroatoms. The van der Waals surface area contributed by atoms with Crippen molar-refractivity contribution in [2.45, 2.75) is 95.7 Å². The van der Waals surface area contributed by atoms with Gasteiger partial charge in [-0.2, -0.15) is 0 Å². The summed E-state index contributed by atoms with van der Waals surface area (Å²) in [6.45, 7) is 7.25. The minimum absolute atomic E-state index is 0.0408. The number of halogens is 2. The van der Waals surface area contributed by atoms with Crippen LogP contribution in [-0.4, -0.2) is 43.8 Å². The molecule has 4 rings (SSSR count). The Morgan fingerprint density at radius 2 is 1.51 bits per heavy atom. The highest BCUT2D eigenvalue weighted by Gasteiger charge is 2.35. The van der Waals surface area contributed by atoms with Gasteiger partial charge < -0.3 is 10.2 Å². The summed E-state index contributed by atoms with van der Waals surface area (Å²) in [5.74, 6) is -0.568. The van der Waals surface area contributed by atoms with Crippen molar-refractivity contribution in [1.82, 2.24) is 10.2 Å². The maximum atomic E-state index is 14.4. The molecule has 0 bridgehead atoms. The van der Waals surface area contributed by atoms with Gasteiger partial charge in [-0.05, 0) is 74.1 Å². The van der Waals surface area contributed by atoms with E-state index in [1.54, 1.807) is 54.6 Å². The lowest BCUT2D eigenvalue weighted by molar-refractivity contribution is -0.140. The number of nitrogens with one attached hydrogen (secondary N) is 1. The second-order valence-electron chi connectivity index (χ2n) is 12.1. The number of anilines is 1. The van der Waals surface area contributed by atoms with Crippen molar-refractivity contribution in [2.24, 2.45) is 0 Å². The minimum atomic E-state index is -4.16. The first-order valence-electron chi connectivity index (χ1n) is 15.6. The molecule has 45 heavy (non-hydrogen) atoms. The molecule has 1 aliphatic carbocycles. The molecule has 1 aliphatic rings. The van der Waals surface area contributed by atoms with Crippen molar-refractivity contribution in [3.05, 3.63) is 93.5 Å². The van der Waals surface area contributed by atoms with Crippen molar-refractivity contribution in [1.29, 1.82) is 0 Å². The lowest BCUT2D eigenvalue weighted by atomic mass is 9.95. The van der Waals surface area contributed by atoms with E-state index < -0.39 is 28.5 Å². The highest BCUT2D eigenvalue weighted by atomic mass is 35.5. The van der Waals surface area contributed by atoms with Crippen molar-refractivity contribution >= 4 is 50.7 Å². The maximum Gasteiger partial charge on any atom is 0.264 e. The Morgan fingerprint density at radius 3 is 2.07 bits per heavy atom. The van der Waals surface area contributed by atoms with Gasteiger partial charge in [0.05, 0.1) is 10.6 Å². The summed E-state index contributed by atoms with van der Waals surface area (Å²) in [7, 11) is -4.16. The van der Waals surface area contributed by atoms with Gasteiger partial charge >= 0.3 is 0 Å². The third kappa shape index (κ3) is 8.60. The quantitative estimate of drug-likeness (QED) is 0.212. The monoisotopic (exact) mass is 671 g/mol. The van der Waals surface area contributed by atoms with Crippen molar-refractivity contribution in [3.63, 3.8) is 0 Å². The zero-order valence-electron chi connectivity index (χ0n) is 26.4. The molecule has 0 saturated heterocycles. The van der Waals surface area contributed by atoms with Crippen LogP contribution in [0.2, 0.25) is 10.0 Å². The average Bonchev–Trinajstić information content (AvgIpc) is 3.01. The zero-order chi connectivity index (χ0) is 32.7. The summed E-state index contributed by atoms with van der Waals surface area (Å²) in [4.78, 5) is 29.7. The number of carbonyl (C=O) groups excluding carboxylic acids is 2. The van der Waals surface area contributed by atoms with E-state index in [2.05, 4.69) is 19.2 Å². The predicted octanol–water partition coefficient (Wildman–Crippen LogP) is 7.88. The fourth-order valence-electron chi connectivity index (χ4n) is 5.71. The molecular formula is C35H43Cl2N3O4S. The Balaban J connectivity index is 1.75. The maximum absolute atomic E-state index is 14.4. The SMILES string of the molecule is CC[C@@H](C(=O)NC1CCCCC1)N(Cc1c(Cl)cccc1Cl)C(=O)CN(c1ccc(C(C)C)cc1)S(=O)(=O)c1ccc(C)cc1. The first-order valence-corrected chi connectivity index (χ1v) is 17.8. The molecule has 0 unspecified atom stereocenters. The van der Waals surface area contributed by atoms with Crippen LogP contribution in [0.15, 0.2) is 71.6 Å². The van der Waals surface area contributed by atoms with E-state index in [9.17, 15) is 18.0 Å². The Morgan fingerprint density at radius 1 is 0.911 bits per heavy atom. The second-order valence-corrected chi connectivity index (χ2v) is 14.7. The number of carbonyl (C=O) groups is 2. The topological polar surface area (TPSA) is 86.8 Å². The summed E-state index contributed by atoms with van der Waals surface area (Å²) in [5.41, 5.74) is 2.80. The van der Waals surface area contributed by atoms with Crippen molar-refractivity contribution in [2.75, 3.05) is 10.8 Å². The minimum Gasteiger partial charge on any atom is -0.352 e. The highest BCUT2D eigenvalue weighted by Crippen LogP contribution is 2.30. The normalized spacial score (nSPS) is 14.6. The molecule has 0 radical (unpaired) electrons. The summed E-state index contributed by atoms with van der Waals surface area (Å²) in [6.07, 6.45) is 5.33. The molecule has 2 amide bonds. The molecular weight excluding hydrogens is 629 g/mol. The van der Waals surface area contributed by atoms with Gasteiger partial charge in [0.2, 0.25) is 11.8 Å². The molecule has 7 nitrogen and oxygen atoms in total. The van der Waals surface area contributed by atoms with Crippen LogP contribution in [0.5, 0.6) is 0 Å². The molecule has 3 aromatic rings. The van der Waals surface area contributed by atoms with Crippen LogP contribution in [0.25, 0.3) is 0 Å². The van der Waals surface area contributed by atoms with Gasteiger partial charge in [0.25, 0.3) is 10.0 Å². The molecule has 0 aliphatic heterocycles. The molecule has 0 aromatic heterocycles. The largest absolute Gasteiger partial charge is 0.352 e. The van der Waals surface area contributed by atoms with Crippen LogP contribution in [-0.2, 0) is 26.2 Å². The number of hydrogen-bond donors (Lipinski definition) is 1. The van der Waals surface area contributed by atoms with Crippen molar-refractivity contribution in [3.8, 4) is 0 Å². The van der Waals surface area contributed by atoms with Crippen LogP contribution in [0.3, 0.4) is 0 Å². The highest BCUT2D eigenvalue weighted by molar-refractivity contribution is 7.92. The van der Waals surface area contributed by atoms with Crippen molar-refractivity contribution < 1.29 is 18.0 Å². The van der Waals surface area contributed by atoms with Crippen LogP contribution in [0.4, 0.5) is 5.69 Å². The van der Waals surface area contributed by atoms with Crippen LogP contribution < -0.4 is 9.62 Å². The van der Waals surface area contributed by atoms with Gasteiger partial charge in [-0.15, -0.1) is 0 Å². The van der Waals surface area contributed by atoms with Gasteiger partial charge in [0.15, 0.2) is 0 Å². The molecule has 0 spiro atoms. The van der Waals surface area contributed by atoms with Gasteiger partial charge in [0.1, 0.15) is 12.6 Å². The Labute approximate surface area is 278 Å². The number of amides is 2. The summed E-state index contributed by atoms with van der Waals surface area (Å²) in [5, 5.41) is 3.87. The predicted molar refractivity (Wildman–Crippen MR) is 182 cm³/mol. The molecule has 0 heterocycles. The standard InChI is InChI=1S/C35H43Cl2N3O4S/c1-5-33(35(42)38-27-10-7-6-8-11-27)39(22-30-31(36)12-9-13-32(30)37)34(41)23-40(28-18-16-26(17-19-28)24(2)3)45(43,44)29-20-14-25(4)15-21-29/h9,12-21,24,27,33H,5-8,10-11,22-23H2,1-4H3,(H,38,42)/t33-/m0/s1. The van der Waals surface area contributed by atoms with Crippen LogP contribution in [0, 0.1) is 6.92 Å². The van der Waals surface area contributed by atoms with E-state index in [4.69, 9.17) is 23.2 Å². The van der Waals surface area contributed by atoms with E-state index >= 15 is 0 Å². The van der Waals surface area contributed by atoms with Crippen LogP contribution in [0.1, 0.15) is 81.9 Å². The number of sulfonamides is 1. The summed E-state index contributed by atoms with van der Waals surface area (Å²) < 4.78 is 29.4. The third-order valence-electron chi connectivity index (χ3n) is 8.46. The third-order valence-corrected chi connectivity index (χ3v) is 11.0. The zero-order valence-corrected chi connectivity index (χ0v) is 28.8. The molecule has 242 valence electrons. The number of benzene rings is 3. The van der Waals surface area contributed by atoms with Gasteiger partial charge in [0, 0.05) is 28.2 Å².